The van der Waals surface area contributed by atoms with Gasteiger partial charge in [-0.1, -0.05) is 74.5 Å². The van der Waals surface area contributed by atoms with Crippen LogP contribution in [0.25, 0.3) is 11.5 Å². The summed E-state index contributed by atoms with van der Waals surface area (Å²) >= 11 is 0. The molecule has 0 spiro atoms. The van der Waals surface area contributed by atoms with Gasteiger partial charge in [0, 0.05) is 18.0 Å². The summed E-state index contributed by atoms with van der Waals surface area (Å²) in [6, 6.07) is 14.0. The van der Waals surface area contributed by atoms with E-state index >= 15 is 0 Å². The maximum absolute atomic E-state index is 13.7. The Morgan fingerprint density at radius 1 is 0.933 bits per heavy atom. The quantitative estimate of drug-likeness (QED) is 0.312. The highest BCUT2D eigenvalue weighted by Gasteiger charge is 2.12. The third-order valence-corrected chi connectivity index (χ3v) is 5.44. The van der Waals surface area contributed by atoms with Crippen molar-refractivity contribution in [3.63, 3.8) is 0 Å². The van der Waals surface area contributed by atoms with Gasteiger partial charge in [-0.05, 0) is 48.6 Å². The van der Waals surface area contributed by atoms with Crippen LogP contribution in [0.15, 0.2) is 53.1 Å². The van der Waals surface area contributed by atoms with E-state index in [4.69, 9.17) is 10.3 Å². The van der Waals surface area contributed by atoms with Gasteiger partial charge in [0.2, 0.25) is 0 Å². The van der Waals surface area contributed by atoms with Gasteiger partial charge >= 0.3 is 0 Å². The van der Waals surface area contributed by atoms with Crippen molar-refractivity contribution in [2.24, 2.45) is 0 Å². The van der Waals surface area contributed by atoms with Crippen molar-refractivity contribution >= 4 is 0 Å². The molecule has 1 unspecified atom stereocenters. The Morgan fingerprint density at radius 3 is 2.43 bits per heavy atom. The van der Waals surface area contributed by atoms with Crippen LogP contribution in [-0.2, 0) is 12.8 Å². The summed E-state index contributed by atoms with van der Waals surface area (Å²) in [6.45, 7) is 2.23. The Labute approximate surface area is 178 Å². The number of hydrogen-bond acceptors (Lipinski definition) is 3. The van der Waals surface area contributed by atoms with Crippen molar-refractivity contribution in [2.75, 3.05) is 0 Å². The van der Waals surface area contributed by atoms with Crippen LogP contribution in [0.3, 0.4) is 0 Å². The van der Waals surface area contributed by atoms with Crippen LogP contribution in [0.1, 0.15) is 74.9 Å². The molecule has 0 saturated heterocycles. The van der Waals surface area contributed by atoms with Crippen LogP contribution in [0, 0.1) is 5.82 Å². The van der Waals surface area contributed by atoms with Crippen LogP contribution in [0.5, 0.6) is 0 Å². The highest BCUT2D eigenvalue weighted by atomic mass is 19.1. The van der Waals surface area contributed by atoms with Gasteiger partial charge in [0.1, 0.15) is 5.82 Å². The SMILES string of the molecule is CCCCCCCCc1noc(-c2ccc(C([NH])CCc3ccccc3F)cc2)n1. The third kappa shape index (κ3) is 6.49. The second kappa shape index (κ2) is 11.6. The Bertz CT molecular complexity index is 891. The van der Waals surface area contributed by atoms with Crippen LogP contribution in [-0.4, -0.2) is 10.1 Å². The molecule has 5 heteroatoms. The van der Waals surface area contributed by atoms with Crippen molar-refractivity contribution in [1.29, 1.82) is 0 Å². The summed E-state index contributed by atoms with van der Waals surface area (Å²) in [5.41, 5.74) is 10.8. The number of halogens is 1. The minimum absolute atomic E-state index is 0.201. The molecule has 4 nitrogen and oxygen atoms in total. The van der Waals surface area contributed by atoms with Gasteiger partial charge in [0.15, 0.2) is 5.82 Å². The van der Waals surface area contributed by atoms with Crippen molar-refractivity contribution < 1.29 is 8.91 Å². The van der Waals surface area contributed by atoms with Gasteiger partial charge in [-0.25, -0.2) is 10.1 Å². The molecule has 1 heterocycles. The van der Waals surface area contributed by atoms with Gasteiger partial charge in [0.25, 0.3) is 5.89 Å². The van der Waals surface area contributed by atoms with E-state index in [1.165, 1.54) is 38.2 Å². The molecule has 0 saturated carbocycles. The molecule has 0 bridgehead atoms. The molecule has 0 aliphatic carbocycles. The fourth-order valence-corrected chi connectivity index (χ4v) is 3.56. The van der Waals surface area contributed by atoms with E-state index in [2.05, 4.69) is 17.1 Å². The van der Waals surface area contributed by atoms with Gasteiger partial charge in [-0.2, -0.15) is 4.98 Å². The van der Waals surface area contributed by atoms with Gasteiger partial charge in [0.05, 0.1) is 0 Å². The molecule has 1 N–H and O–H groups in total. The van der Waals surface area contributed by atoms with E-state index in [1.54, 1.807) is 12.1 Å². The molecular weight excluding hydrogens is 377 g/mol. The zero-order valence-corrected chi connectivity index (χ0v) is 17.7. The minimum atomic E-state index is -0.399. The molecule has 1 radical (unpaired) electrons. The topological polar surface area (TPSA) is 62.7 Å². The van der Waals surface area contributed by atoms with Crippen LogP contribution >= 0.6 is 0 Å². The van der Waals surface area contributed by atoms with Crippen molar-refractivity contribution in [1.82, 2.24) is 15.9 Å². The maximum Gasteiger partial charge on any atom is 0.257 e. The van der Waals surface area contributed by atoms with Crippen LogP contribution in [0.4, 0.5) is 4.39 Å². The molecule has 30 heavy (non-hydrogen) atoms. The molecule has 0 amide bonds. The summed E-state index contributed by atoms with van der Waals surface area (Å²) < 4.78 is 19.2. The number of aryl methyl sites for hydroxylation is 2. The first-order chi connectivity index (χ1) is 14.7. The van der Waals surface area contributed by atoms with E-state index in [-0.39, 0.29) is 5.82 Å². The average Bonchev–Trinajstić information content (AvgIpc) is 3.24. The molecule has 1 atom stereocenters. The normalized spacial score (nSPS) is 12.2. The summed E-state index contributed by atoms with van der Waals surface area (Å²) in [4.78, 5) is 4.51. The fraction of sp³-hybridized carbons (Fsp3) is 0.440. The highest BCUT2D eigenvalue weighted by Crippen LogP contribution is 2.24. The predicted molar refractivity (Wildman–Crippen MR) is 117 cm³/mol. The largest absolute Gasteiger partial charge is 0.334 e. The molecule has 2 aromatic carbocycles. The summed E-state index contributed by atoms with van der Waals surface area (Å²) in [7, 11) is 0. The van der Waals surface area contributed by atoms with E-state index in [0.717, 1.165) is 29.8 Å². The molecule has 159 valence electrons. The Hall–Kier alpha value is -2.53. The first kappa shape index (κ1) is 22.2. The van der Waals surface area contributed by atoms with Gasteiger partial charge in [-0.15, -0.1) is 0 Å². The molecule has 3 rings (SSSR count). The second-order valence-electron chi connectivity index (χ2n) is 7.84. The smallest absolute Gasteiger partial charge is 0.257 e. The van der Waals surface area contributed by atoms with Crippen LogP contribution in [0.2, 0.25) is 0 Å². The zero-order chi connectivity index (χ0) is 21.2. The van der Waals surface area contributed by atoms with Crippen LogP contribution < -0.4 is 5.73 Å². The van der Waals surface area contributed by atoms with E-state index in [1.807, 2.05) is 30.3 Å². The second-order valence-corrected chi connectivity index (χ2v) is 7.84. The predicted octanol–water partition coefficient (Wildman–Crippen LogP) is 6.74. The molecule has 0 aliphatic rings. The Morgan fingerprint density at radius 2 is 1.67 bits per heavy atom. The molecule has 1 aromatic heterocycles. The summed E-state index contributed by atoms with van der Waals surface area (Å²) in [5, 5.41) is 4.10. The summed E-state index contributed by atoms with van der Waals surface area (Å²) in [6.07, 6.45) is 9.41. The first-order valence-electron chi connectivity index (χ1n) is 11.0. The molecule has 0 fully saturated rings. The molecule has 3 aromatic rings. The van der Waals surface area contributed by atoms with Crippen molar-refractivity contribution in [2.45, 2.75) is 70.8 Å². The van der Waals surface area contributed by atoms with Crippen molar-refractivity contribution in [3.8, 4) is 11.5 Å². The number of aromatic nitrogens is 2. The lowest BCUT2D eigenvalue weighted by molar-refractivity contribution is 0.421. The lowest BCUT2D eigenvalue weighted by Gasteiger charge is -2.11. The standard InChI is InChI=1S/C25H31FN3O/c1-2-3-4-5-6-7-12-24-28-25(30-29-24)21-15-13-20(14-16-21)23(27)18-17-19-10-8-9-11-22(19)26/h8-11,13-16,23,27H,2-7,12,17-18H2,1H3. The van der Waals surface area contributed by atoms with Gasteiger partial charge in [-0.3, -0.25) is 0 Å². The minimum Gasteiger partial charge on any atom is -0.334 e. The number of hydrogen-bond donors (Lipinski definition) is 0. The molecule has 0 aliphatic heterocycles. The number of nitrogens with zero attached hydrogens (tertiary/aromatic N) is 2. The molecular formula is C25H31FN3O. The zero-order valence-electron chi connectivity index (χ0n) is 17.7. The van der Waals surface area contributed by atoms with Gasteiger partial charge < -0.3 is 4.52 Å². The maximum atomic E-state index is 13.7. The first-order valence-corrected chi connectivity index (χ1v) is 11.0. The lowest BCUT2D eigenvalue weighted by Crippen LogP contribution is -2.02. The lowest BCUT2D eigenvalue weighted by atomic mass is 9.98. The number of nitrogens with one attached hydrogen (secondary N) is 1. The summed E-state index contributed by atoms with van der Waals surface area (Å²) in [5.74, 6) is 1.08. The third-order valence-electron chi connectivity index (χ3n) is 5.44. The highest BCUT2D eigenvalue weighted by molar-refractivity contribution is 5.53. The van der Waals surface area contributed by atoms with E-state index < -0.39 is 6.04 Å². The van der Waals surface area contributed by atoms with E-state index in [9.17, 15) is 4.39 Å². The monoisotopic (exact) mass is 408 g/mol. The number of benzene rings is 2. The van der Waals surface area contributed by atoms with E-state index in [0.29, 0.717) is 24.3 Å². The Balaban J connectivity index is 1.49. The Kier molecular flexibility index (Phi) is 8.57. The average molecular weight is 409 g/mol. The number of rotatable bonds is 12. The van der Waals surface area contributed by atoms with Crippen molar-refractivity contribution in [3.05, 3.63) is 71.3 Å². The fourth-order valence-electron chi connectivity index (χ4n) is 3.56. The number of unbranched alkanes of at least 4 members (excludes halogenated alkanes) is 5.